The van der Waals surface area contributed by atoms with Crippen LogP contribution in [0.5, 0.6) is 5.75 Å². The zero-order valence-corrected chi connectivity index (χ0v) is 21.0. The number of rotatable bonds is 10. The second-order valence-electron chi connectivity index (χ2n) is 7.34. The Labute approximate surface area is 219 Å². The molecule has 0 aliphatic carbocycles. The fourth-order valence-corrected chi connectivity index (χ4v) is 4.90. The van der Waals surface area contributed by atoms with E-state index in [9.17, 15) is 20.2 Å². The highest BCUT2D eigenvalue weighted by Crippen LogP contribution is 2.35. The molecule has 2 aromatic carbocycles. The largest absolute Gasteiger partial charge is 0.494 e. The highest BCUT2D eigenvalue weighted by molar-refractivity contribution is 8.00. The Morgan fingerprint density at radius 2 is 2.05 bits per heavy atom. The Morgan fingerprint density at radius 3 is 2.78 bits per heavy atom. The van der Waals surface area contributed by atoms with E-state index in [4.69, 9.17) is 9.15 Å². The van der Waals surface area contributed by atoms with E-state index in [1.807, 2.05) is 36.4 Å². The number of hydrogen-bond donors (Lipinski definition) is 1. The van der Waals surface area contributed by atoms with Gasteiger partial charge in [-0.25, -0.2) is 0 Å². The number of ether oxygens (including phenoxy) is 1. The summed E-state index contributed by atoms with van der Waals surface area (Å²) >= 11 is 2.69. The van der Waals surface area contributed by atoms with Crippen LogP contribution in [-0.4, -0.2) is 27.6 Å². The third-order valence-electron chi connectivity index (χ3n) is 4.85. The maximum atomic E-state index is 12.6. The topological polar surface area (TPSA) is 144 Å². The molecule has 4 aromatic rings. The standard InChI is InChI=1S/C25H19N5O5S2/c1-2-34-18-8-10-20(21(13-18)30(32)33)22-11-9-19(35-22)12-17(14-26)23(31)27-24-28-29-25(37-24)36-15-16-6-4-3-5-7-16/h3-13H,2,15H2,1H3,(H,27,28,31). The van der Waals surface area contributed by atoms with Gasteiger partial charge in [0.2, 0.25) is 5.13 Å². The molecule has 0 aliphatic heterocycles. The smallest absolute Gasteiger partial charge is 0.284 e. The van der Waals surface area contributed by atoms with Gasteiger partial charge in [-0.05, 0) is 36.8 Å². The quantitative estimate of drug-likeness (QED) is 0.0653. The Bertz CT molecular complexity index is 1490. The zero-order valence-electron chi connectivity index (χ0n) is 19.4. The van der Waals surface area contributed by atoms with Crippen molar-refractivity contribution >= 4 is 45.9 Å². The zero-order chi connectivity index (χ0) is 26.2. The summed E-state index contributed by atoms with van der Waals surface area (Å²) in [4.78, 5) is 23.7. The lowest BCUT2D eigenvalue weighted by Crippen LogP contribution is -2.13. The minimum atomic E-state index is -0.678. The lowest BCUT2D eigenvalue weighted by Gasteiger charge is -2.05. The van der Waals surface area contributed by atoms with Gasteiger partial charge in [0.25, 0.3) is 11.6 Å². The van der Waals surface area contributed by atoms with Crippen LogP contribution in [0.1, 0.15) is 18.2 Å². The van der Waals surface area contributed by atoms with Crippen LogP contribution in [0.3, 0.4) is 0 Å². The lowest BCUT2D eigenvalue weighted by molar-refractivity contribution is -0.384. The number of nitriles is 1. The normalized spacial score (nSPS) is 11.1. The molecule has 2 aromatic heterocycles. The van der Waals surface area contributed by atoms with Crippen molar-refractivity contribution in [3.05, 3.63) is 87.7 Å². The van der Waals surface area contributed by atoms with Gasteiger partial charge in [0, 0.05) is 11.8 Å². The Morgan fingerprint density at radius 1 is 1.24 bits per heavy atom. The molecule has 2 heterocycles. The van der Waals surface area contributed by atoms with Crippen LogP contribution in [0.15, 0.2) is 75.0 Å². The molecule has 186 valence electrons. The molecule has 12 heteroatoms. The number of furan rings is 1. The van der Waals surface area contributed by atoms with Gasteiger partial charge in [-0.2, -0.15) is 5.26 Å². The fraction of sp³-hybridized carbons (Fsp3) is 0.120. The first-order valence-electron chi connectivity index (χ1n) is 10.9. The van der Waals surface area contributed by atoms with E-state index in [0.717, 1.165) is 5.56 Å². The van der Waals surface area contributed by atoms with Crippen LogP contribution in [0.25, 0.3) is 17.4 Å². The summed E-state index contributed by atoms with van der Waals surface area (Å²) in [5.74, 6) is 0.791. The van der Waals surface area contributed by atoms with E-state index in [1.165, 1.54) is 53.4 Å². The van der Waals surface area contributed by atoms with Crippen LogP contribution in [0.2, 0.25) is 0 Å². The molecular weight excluding hydrogens is 514 g/mol. The Balaban J connectivity index is 1.45. The van der Waals surface area contributed by atoms with Gasteiger partial charge in [0.15, 0.2) is 4.34 Å². The second-order valence-corrected chi connectivity index (χ2v) is 9.54. The number of hydrogen-bond acceptors (Lipinski definition) is 10. The van der Waals surface area contributed by atoms with E-state index in [2.05, 4.69) is 15.5 Å². The van der Waals surface area contributed by atoms with E-state index in [-0.39, 0.29) is 33.5 Å². The van der Waals surface area contributed by atoms with Gasteiger partial charge < -0.3 is 9.15 Å². The lowest BCUT2D eigenvalue weighted by atomic mass is 10.1. The molecule has 0 unspecified atom stereocenters. The first-order valence-corrected chi connectivity index (χ1v) is 12.7. The minimum Gasteiger partial charge on any atom is -0.494 e. The molecule has 0 spiro atoms. The number of nitro benzene ring substituents is 1. The number of nitrogens with one attached hydrogen (secondary N) is 1. The second kappa shape index (κ2) is 12.0. The van der Waals surface area contributed by atoms with Gasteiger partial charge in [0.05, 0.1) is 23.2 Å². The van der Waals surface area contributed by atoms with Crippen LogP contribution in [0, 0.1) is 21.4 Å². The molecule has 0 radical (unpaired) electrons. The van der Waals surface area contributed by atoms with Gasteiger partial charge in [-0.1, -0.05) is 53.4 Å². The van der Waals surface area contributed by atoms with Crippen molar-refractivity contribution in [2.75, 3.05) is 11.9 Å². The molecule has 0 aliphatic rings. The van der Waals surface area contributed by atoms with Crippen LogP contribution < -0.4 is 10.1 Å². The minimum absolute atomic E-state index is 0.182. The highest BCUT2D eigenvalue weighted by Gasteiger charge is 2.20. The molecule has 0 saturated heterocycles. The average Bonchev–Trinajstić information content (AvgIpc) is 3.56. The van der Waals surface area contributed by atoms with Gasteiger partial charge in [-0.15, -0.1) is 10.2 Å². The summed E-state index contributed by atoms with van der Waals surface area (Å²) in [6.07, 6.45) is 1.26. The maximum absolute atomic E-state index is 12.6. The first-order chi connectivity index (χ1) is 18.0. The number of thioether (sulfide) groups is 1. The third-order valence-corrected chi connectivity index (χ3v) is 6.90. The number of aromatic nitrogens is 2. The maximum Gasteiger partial charge on any atom is 0.284 e. The van der Waals surface area contributed by atoms with Crippen molar-refractivity contribution in [1.29, 1.82) is 5.26 Å². The number of benzene rings is 2. The van der Waals surface area contributed by atoms with Crippen LogP contribution >= 0.6 is 23.1 Å². The van der Waals surface area contributed by atoms with Crippen molar-refractivity contribution in [2.45, 2.75) is 17.0 Å². The molecular formula is C25H19N5O5S2. The molecule has 0 bridgehead atoms. The molecule has 1 N–H and O–H groups in total. The molecule has 0 saturated carbocycles. The molecule has 1 amide bonds. The fourth-order valence-electron chi connectivity index (χ4n) is 3.20. The monoisotopic (exact) mass is 533 g/mol. The molecule has 37 heavy (non-hydrogen) atoms. The Hall–Kier alpha value is -4.47. The van der Waals surface area contributed by atoms with Crippen LogP contribution in [0.4, 0.5) is 10.8 Å². The summed E-state index contributed by atoms with van der Waals surface area (Å²) in [7, 11) is 0. The van der Waals surface area contributed by atoms with Crippen molar-refractivity contribution in [3.8, 4) is 23.1 Å². The SMILES string of the molecule is CCOc1ccc(-c2ccc(C=C(C#N)C(=O)Nc3nnc(SCc4ccccc4)s3)o2)c([N+](=O)[O-])c1. The first kappa shape index (κ1) is 25.6. The molecule has 4 rings (SSSR count). The number of nitrogens with zero attached hydrogens (tertiary/aromatic N) is 4. The predicted octanol–water partition coefficient (Wildman–Crippen LogP) is 5.94. The number of amides is 1. The van der Waals surface area contributed by atoms with E-state index in [1.54, 1.807) is 13.0 Å². The van der Waals surface area contributed by atoms with Crippen molar-refractivity contribution in [3.63, 3.8) is 0 Å². The van der Waals surface area contributed by atoms with Crippen molar-refractivity contribution in [1.82, 2.24) is 10.2 Å². The summed E-state index contributed by atoms with van der Waals surface area (Å²) < 4.78 is 11.7. The third kappa shape index (κ3) is 6.60. The number of anilines is 1. The molecule has 0 atom stereocenters. The summed E-state index contributed by atoms with van der Waals surface area (Å²) in [6, 6.07) is 19.2. The number of carbonyl (C=O) groups is 1. The average molecular weight is 534 g/mol. The van der Waals surface area contributed by atoms with Gasteiger partial charge in [0.1, 0.15) is 28.9 Å². The van der Waals surface area contributed by atoms with E-state index < -0.39 is 10.8 Å². The summed E-state index contributed by atoms with van der Waals surface area (Å²) in [5, 5.41) is 31.9. The van der Waals surface area contributed by atoms with Gasteiger partial charge in [-0.3, -0.25) is 20.2 Å². The Kier molecular flexibility index (Phi) is 8.29. The van der Waals surface area contributed by atoms with Crippen molar-refractivity contribution in [2.24, 2.45) is 0 Å². The highest BCUT2D eigenvalue weighted by atomic mass is 32.2. The number of nitro groups is 1. The molecule has 10 nitrogen and oxygen atoms in total. The predicted molar refractivity (Wildman–Crippen MR) is 140 cm³/mol. The number of carbonyl (C=O) groups excluding carboxylic acids is 1. The van der Waals surface area contributed by atoms with E-state index >= 15 is 0 Å². The summed E-state index contributed by atoms with van der Waals surface area (Å²) in [5.41, 5.74) is 0.962. The van der Waals surface area contributed by atoms with Gasteiger partial charge >= 0.3 is 0 Å². The van der Waals surface area contributed by atoms with E-state index in [0.29, 0.717) is 22.4 Å². The molecule has 0 fully saturated rings. The van der Waals surface area contributed by atoms with Crippen molar-refractivity contribution < 1.29 is 18.9 Å². The van der Waals surface area contributed by atoms with Crippen LogP contribution in [-0.2, 0) is 10.5 Å². The summed E-state index contributed by atoms with van der Waals surface area (Å²) in [6.45, 7) is 2.15.